The fourth-order valence-electron chi connectivity index (χ4n) is 1.51. The average Bonchev–Trinajstić information content (AvgIpc) is 2.64. The Labute approximate surface area is 97.0 Å². The Morgan fingerprint density at radius 2 is 2.25 bits per heavy atom. The first-order valence-corrected chi connectivity index (χ1v) is 5.73. The Morgan fingerprint density at radius 3 is 2.94 bits per heavy atom. The van der Waals surface area contributed by atoms with Gasteiger partial charge < -0.3 is 5.73 Å². The Bertz CT molecular complexity index is 523. The molecule has 0 bridgehead atoms. The van der Waals surface area contributed by atoms with Crippen LogP contribution < -0.4 is 20.5 Å². The molecule has 0 aliphatic rings. The van der Waals surface area contributed by atoms with Gasteiger partial charge in [0.05, 0.1) is 16.6 Å². The lowest BCUT2D eigenvalue weighted by molar-refractivity contribution is -0.610. The number of nitrogens with zero attached hydrogens (tertiary/aromatic N) is 1. The summed E-state index contributed by atoms with van der Waals surface area (Å²) in [5.41, 5.74) is 10.3. The highest BCUT2D eigenvalue weighted by molar-refractivity contribution is 7.09. The molecule has 2 amide bonds. The molecule has 1 heterocycles. The number of nitrogens with one attached hydrogen (secondary N) is 2. The number of anilines is 1. The van der Waals surface area contributed by atoms with Crippen LogP contribution in [0.25, 0.3) is 10.1 Å². The lowest BCUT2D eigenvalue weighted by atomic mass is 10.3. The molecule has 0 saturated carbocycles. The minimum Gasteiger partial charge on any atom is -0.349 e. The number of carbonyl (C=O) groups excluding carboxylic acids is 1. The molecule has 84 valence electrons. The third-order valence-electron chi connectivity index (χ3n) is 2.19. The number of nitrogens with two attached hydrogens (primary N) is 1. The van der Waals surface area contributed by atoms with Crippen LogP contribution in [0.4, 0.5) is 10.6 Å². The van der Waals surface area contributed by atoms with Gasteiger partial charge in [-0.25, -0.2) is 4.79 Å². The third kappa shape index (κ3) is 1.92. The van der Waals surface area contributed by atoms with Crippen molar-refractivity contribution >= 4 is 33.5 Å². The molecule has 0 atom stereocenters. The highest BCUT2D eigenvalue weighted by atomic mass is 32.1. The summed E-state index contributed by atoms with van der Waals surface area (Å²) in [4.78, 5) is 10.7. The Morgan fingerprint density at radius 1 is 1.50 bits per heavy atom. The van der Waals surface area contributed by atoms with E-state index in [2.05, 4.69) is 14.8 Å². The normalized spacial score (nSPS) is 10.3. The van der Waals surface area contributed by atoms with E-state index >= 15 is 0 Å². The number of hydrogen-bond donors (Lipinski definition) is 3. The first-order chi connectivity index (χ1) is 7.72. The van der Waals surface area contributed by atoms with Crippen molar-refractivity contribution in [3.63, 3.8) is 0 Å². The summed E-state index contributed by atoms with van der Waals surface area (Å²) < 4.78 is 3.22. The summed E-state index contributed by atoms with van der Waals surface area (Å²) in [6, 6.07) is 7.40. The summed E-state index contributed by atoms with van der Waals surface area (Å²) in [6.07, 6.45) is 0. The van der Waals surface area contributed by atoms with Crippen molar-refractivity contribution in [3.05, 3.63) is 24.3 Å². The Hall–Kier alpha value is -1.82. The van der Waals surface area contributed by atoms with Gasteiger partial charge in [0.25, 0.3) is 0 Å². The van der Waals surface area contributed by atoms with Gasteiger partial charge in [-0.3, -0.25) is 0 Å². The first-order valence-electron chi connectivity index (χ1n) is 4.95. The summed E-state index contributed by atoms with van der Waals surface area (Å²) in [6.45, 7) is 2.88. The van der Waals surface area contributed by atoms with Crippen LogP contribution in [0.3, 0.4) is 0 Å². The van der Waals surface area contributed by atoms with E-state index in [1.807, 2.05) is 31.2 Å². The number of urea groups is 1. The average molecular weight is 237 g/mol. The number of hydrazine groups is 1. The maximum absolute atomic E-state index is 10.7. The zero-order valence-electron chi connectivity index (χ0n) is 8.86. The fraction of sp³-hybridized carbons (Fsp3) is 0.200. The van der Waals surface area contributed by atoms with Crippen LogP contribution in [-0.2, 0) is 6.54 Å². The van der Waals surface area contributed by atoms with Gasteiger partial charge in [0.15, 0.2) is 0 Å². The van der Waals surface area contributed by atoms with E-state index in [1.165, 1.54) is 0 Å². The molecule has 0 spiro atoms. The Kier molecular flexibility index (Phi) is 2.91. The maximum Gasteiger partial charge on any atom is 0.347 e. The van der Waals surface area contributed by atoms with E-state index < -0.39 is 6.03 Å². The second kappa shape index (κ2) is 4.36. The van der Waals surface area contributed by atoms with Gasteiger partial charge >= 0.3 is 11.8 Å². The molecule has 2 rings (SSSR count). The zero-order valence-corrected chi connectivity index (χ0v) is 9.67. The molecule has 16 heavy (non-hydrogen) atoms. The second-order valence-electron chi connectivity index (χ2n) is 3.25. The maximum atomic E-state index is 10.7. The van der Waals surface area contributed by atoms with Gasteiger partial charge in [-0.1, -0.05) is 12.1 Å². The molecule has 0 aliphatic carbocycles. The summed E-state index contributed by atoms with van der Waals surface area (Å²) >= 11 is 1.64. The smallest absolute Gasteiger partial charge is 0.347 e. The number of rotatable bonds is 3. The van der Waals surface area contributed by atoms with Crippen LogP contribution in [0.1, 0.15) is 6.92 Å². The fourth-order valence-corrected chi connectivity index (χ4v) is 2.52. The molecule has 0 fully saturated rings. The molecular weight excluding hydrogens is 224 g/mol. The molecule has 0 aliphatic heterocycles. The highest BCUT2D eigenvalue weighted by Crippen LogP contribution is 2.23. The van der Waals surface area contributed by atoms with E-state index in [0.29, 0.717) is 0 Å². The number of aryl methyl sites for hydroxylation is 1. The number of amides is 2. The minimum atomic E-state index is -0.599. The molecular formula is C10H13N4OS+. The molecule has 2 aromatic rings. The van der Waals surface area contributed by atoms with Crippen LogP contribution in [0.15, 0.2) is 24.3 Å². The molecule has 0 saturated heterocycles. The van der Waals surface area contributed by atoms with Crippen molar-refractivity contribution in [2.45, 2.75) is 13.5 Å². The quantitative estimate of drug-likeness (QED) is 0.554. The number of benzene rings is 1. The van der Waals surface area contributed by atoms with Gasteiger partial charge in [-0.15, -0.1) is 0 Å². The van der Waals surface area contributed by atoms with Crippen LogP contribution in [0.5, 0.6) is 0 Å². The lowest BCUT2D eigenvalue weighted by Crippen LogP contribution is -2.40. The van der Waals surface area contributed by atoms with Crippen molar-refractivity contribution in [3.8, 4) is 0 Å². The molecule has 1 aromatic heterocycles. The van der Waals surface area contributed by atoms with E-state index in [0.717, 1.165) is 22.4 Å². The SMILES string of the molecule is CC[n+]1sc2ccccc2c1NNC(N)=O. The number of hydrogen-bond acceptors (Lipinski definition) is 3. The van der Waals surface area contributed by atoms with Crippen molar-refractivity contribution in [1.29, 1.82) is 0 Å². The number of aromatic nitrogens is 1. The first kappa shape index (κ1) is 10.7. The zero-order chi connectivity index (χ0) is 11.5. The highest BCUT2D eigenvalue weighted by Gasteiger charge is 2.17. The molecule has 0 radical (unpaired) electrons. The van der Waals surface area contributed by atoms with Crippen molar-refractivity contribution in [2.24, 2.45) is 5.73 Å². The summed E-state index contributed by atoms with van der Waals surface area (Å²) in [5, 5.41) is 1.07. The standard InChI is InChI=1S/C10H12N4OS/c1-2-14-9(12-13-10(11)15)7-5-3-4-6-8(7)16-14/h3-6H,2H2,1H3,(H3,11,13,15)/p+1. The van der Waals surface area contributed by atoms with E-state index in [4.69, 9.17) is 5.73 Å². The topological polar surface area (TPSA) is 71.0 Å². The van der Waals surface area contributed by atoms with Gasteiger partial charge in [0.1, 0.15) is 0 Å². The second-order valence-corrected chi connectivity index (χ2v) is 4.31. The monoisotopic (exact) mass is 237 g/mol. The molecule has 6 heteroatoms. The summed E-state index contributed by atoms with van der Waals surface area (Å²) in [7, 11) is 0. The van der Waals surface area contributed by atoms with Gasteiger partial charge in [-0.05, 0) is 19.1 Å². The van der Waals surface area contributed by atoms with Crippen molar-refractivity contribution < 1.29 is 8.75 Å². The van der Waals surface area contributed by atoms with Crippen LogP contribution in [0.2, 0.25) is 0 Å². The number of carbonyl (C=O) groups is 1. The molecule has 4 N–H and O–H groups in total. The lowest BCUT2D eigenvalue weighted by Gasteiger charge is -1.98. The van der Waals surface area contributed by atoms with Crippen LogP contribution in [0, 0.1) is 0 Å². The molecule has 1 aromatic carbocycles. The van der Waals surface area contributed by atoms with Crippen LogP contribution >= 0.6 is 11.5 Å². The van der Waals surface area contributed by atoms with E-state index in [9.17, 15) is 4.79 Å². The largest absolute Gasteiger partial charge is 0.349 e. The van der Waals surface area contributed by atoms with Crippen molar-refractivity contribution in [1.82, 2.24) is 5.43 Å². The molecule has 5 nitrogen and oxygen atoms in total. The van der Waals surface area contributed by atoms with Crippen molar-refractivity contribution in [2.75, 3.05) is 5.43 Å². The van der Waals surface area contributed by atoms with Crippen LogP contribution in [-0.4, -0.2) is 6.03 Å². The van der Waals surface area contributed by atoms with E-state index in [-0.39, 0.29) is 0 Å². The number of fused-ring (bicyclic) bond motifs is 1. The number of primary amides is 1. The van der Waals surface area contributed by atoms with Gasteiger partial charge in [0.2, 0.25) is 0 Å². The molecule has 0 unspecified atom stereocenters. The van der Waals surface area contributed by atoms with Gasteiger partial charge in [-0.2, -0.15) is 14.8 Å². The minimum absolute atomic E-state index is 0.599. The predicted octanol–water partition coefficient (Wildman–Crippen LogP) is 1.20. The van der Waals surface area contributed by atoms with Gasteiger partial charge in [0, 0.05) is 11.5 Å². The summed E-state index contributed by atoms with van der Waals surface area (Å²) in [5.74, 6) is 0.863. The Balaban J connectivity index is 2.43. The predicted molar refractivity (Wildman–Crippen MR) is 64.0 cm³/mol. The van der Waals surface area contributed by atoms with E-state index in [1.54, 1.807) is 11.5 Å². The third-order valence-corrected chi connectivity index (χ3v) is 3.41.